The van der Waals surface area contributed by atoms with E-state index in [9.17, 15) is 57.5 Å². The molecule has 0 fully saturated rings. The Balaban J connectivity index is 0.578. The minimum Gasteiger partial charge on any atom is -0.447 e. The van der Waals surface area contributed by atoms with Gasteiger partial charge in [-0.2, -0.15) is 0 Å². The van der Waals surface area contributed by atoms with Crippen LogP contribution in [0.1, 0.15) is 90.1 Å². The van der Waals surface area contributed by atoms with Crippen LogP contribution in [0.5, 0.6) is 0 Å². The first-order valence-electron chi connectivity index (χ1n) is 45.1. The van der Waals surface area contributed by atoms with Gasteiger partial charge in [0.15, 0.2) is 0 Å². The average Bonchev–Trinajstić information content (AvgIpc) is 1.63. The number of aromatic amines is 4. The Morgan fingerprint density at radius 3 is 0.727 bits per heavy atom. The number of benzene rings is 4. The van der Waals surface area contributed by atoms with Crippen molar-refractivity contribution >= 4 is 142 Å². The zero-order valence-electron chi connectivity index (χ0n) is 78.4. The van der Waals surface area contributed by atoms with Gasteiger partial charge >= 0.3 is 48.7 Å². The standard InChI is InChI=1S/C98H114N12O29/c1-61-49-65(5)103-79(61)53-75-71-17-9-13-21-83(71)107(87(75)111)95(119)136-41-33-123-29-25-99-91(115)132-39-37-127-57-69(130-45-47-134-93(117)101-27-31-125-35-43-138-97(121)109-85-23-15-11-19-73(85)77(89(109)113)55-81-63(3)51-67(7)105-81)59-129-60-70(131-46-48-135-94(118)102-28-32-126-36-44-139-98(122)110-86-24-16-12-20-74(86)78(90(110)114)56-82-64(4)52-68(8)106-82)58-128-38-40-133-92(116)100-26-30-124-34-42-137-96(120)108-84-22-14-10-18-72(84)76(88(108)112)54-80-62(2)50-66(6)104-80/h9-24,49-56,69-70,103-106H,25-48,57-60H2,1-8H3,(H,99,115)(H,100,116)(H,101,117)(H,102,118)/b75-53-,76-54-,77-55-,78-56-. The minimum absolute atomic E-state index is 0.00577. The molecule has 0 saturated heterocycles. The van der Waals surface area contributed by atoms with Crippen LogP contribution in [0, 0.1) is 55.4 Å². The molecule has 740 valence electrons. The number of carbonyl (C=O) groups excluding carboxylic acids is 12. The molecule has 4 aliphatic heterocycles. The molecule has 8 N–H and O–H groups in total. The van der Waals surface area contributed by atoms with Gasteiger partial charge in [0.2, 0.25) is 0 Å². The van der Waals surface area contributed by atoms with Gasteiger partial charge in [-0.25, -0.2) is 58.0 Å². The highest BCUT2D eigenvalue weighted by atomic mass is 16.6. The second kappa shape index (κ2) is 52.1. The van der Waals surface area contributed by atoms with Gasteiger partial charge < -0.3 is 122 Å². The quantitative estimate of drug-likeness (QED) is 0.00997. The largest absolute Gasteiger partial charge is 0.447 e. The Morgan fingerprint density at radius 2 is 0.489 bits per heavy atom. The van der Waals surface area contributed by atoms with Crippen molar-refractivity contribution in [2.75, 3.05) is 204 Å². The summed E-state index contributed by atoms with van der Waals surface area (Å²) in [5.41, 5.74) is 15.5. The van der Waals surface area contributed by atoms with Gasteiger partial charge in [-0.1, -0.05) is 72.8 Å². The lowest BCUT2D eigenvalue weighted by molar-refractivity contribution is -0.113. The molecule has 2 atom stereocenters. The van der Waals surface area contributed by atoms with Crippen LogP contribution in [0.3, 0.4) is 0 Å². The third-order valence-corrected chi connectivity index (χ3v) is 21.5. The maximum Gasteiger partial charge on any atom is 0.421 e. The number of hydrogen-bond donors (Lipinski definition) is 8. The molecule has 0 saturated carbocycles. The summed E-state index contributed by atoms with van der Waals surface area (Å²) in [7, 11) is 0. The molecule has 41 nitrogen and oxygen atoms in total. The van der Waals surface area contributed by atoms with Crippen molar-refractivity contribution in [3.05, 3.63) is 211 Å². The van der Waals surface area contributed by atoms with Crippen molar-refractivity contribution in [1.82, 2.24) is 41.2 Å². The van der Waals surface area contributed by atoms with E-state index in [1.54, 1.807) is 121 Å². The smallest absolute Gasteiger partial charge is 0.421 e. The number of para-hydroxylation sites is 4. The van der Waals surface area contributed by atoms with E-state index in [2.05, 4.69) is 41.2 Å². The summed E-state index contributed by atoms with van der Waals surface area (Å²) >= 11 is 0. The summed E-state index contributed by atoms with van der Waals surface area (Å²) < 4.78 is 95.2. The number of aryl methyl sites for hydroxylation is 8. The van der Waals surface area contributed by atoms with Gasteiger partial charge in [-0.05, 0) is 150 Å². The molecule has 0 radical (unpaired) electrons. The Kier molecular flexibility index (Phi) is 38.8. The number of alkyl carbamates (subject to hydrolysis) is 4. The van der Waals surface area contributed by atoms with E-state index < -0.39 is 84.6 Å². The molecule has 2 unspecified atom stereocenters. The minimum atomic E-state index is -0.888. The number of anilines is 4. The maximum absolute atomic E-state index is 13.6. The molecule has 0 bridgehead atoms. The van der Waals surface area contributed by atoms with Crippen LogP contribution in [-0.2, 0) is 99.7 Å². The number of aromatic nitrogens is 4. The summed E-state index contributed by atoms with van der Waals surface area (Å²) in [5.74, 6) is -2.18. The average molecular weight is 1920 g/mol. The fourth-order valence-electron chi connectivity index (χ4n) is 15.1. The van der Waals surface area contributed by atoms with Crippen molar-refractivity contribution < 1.29 is 138 Å². The SMILES string of the molecule is Cc1cc(C)c(/C=C2\C(=O)N(C(=O)OCCOCCNC(=O)OCCOCC(COCC(COCCOC(=O)NCCOCCOC(=O)N3C(=O)/C(=C\c4[nH]c(C)cc4C)c4ccccc43)OCCOC(=O)NCCOCCOC(=O)N3C(=O)/C(=C\c4[nH]c(C)cc4C)c4ccccc43)OCCOC(=O)NCCOCCOC(=O)N3C(=O)/C(=C\c4[nH]c(C)cc4C)c4ccccc43)c3ccccc32)[nH]1. The van der Waals surface area contributed by atoms with Crippen LogP contribution in [0.2, 0.25) is 0 Å². The van der Waals surface area contributed by atoms with Crippen LogP contribution in [0.4, 0.5) is 61.1 Å². The zero-order chi connectivity index (χ0) is 98.7. The van der Waals surface area contributed by atoms with Crippen LogP contribution < -0.4 is 40.9 Å². The van der Waals surface area contributed by atoms with Crippen LogP contribution in [0.25, 0.3) is 46.6 Å². The highest BCUT2D eigenvalue weighted by Gasteiger charge is 2.42. The summed E-state index contributed by atoms with van der Waals surface area (Å²) in [6, 6.07) is 35.4. The normalized spacial score (nSPS) is 14.6. The molecular weight excluding hydrogens is 1810 g/mol. The maximum atomic E-state index is 13.6. The zero-order valence-corrected chi connectivity index (χ0v) is 78.4. The molecule has 12 rings (SSSR count). The van der Waals surface area contributed by atoms with Gasteiger partial charge in [0, 0.05) is 94.0 Å². The second-order valence-electron chi connectivity index (χ2n) is 31.9. The third kappa shape index (κ3) is 29.3. The van der Waals surface area contributed by atoms with Crippen molar-refractivity contribution in [2.24, 2.45) is 0 Å². The van der Waals surface area contributed by atoms with Crippen molar-refractivity contribution in [1.29, 1.82) is 0 Å². The van der Waals surface area contributed by atoms with Crippen molar-refractivity contribution in [2.45, 2.75) is 67.6 Å². The molecule has 139 heavy (non-hydrogen) atoms. The van der Waals surface area contributed by atoms with E-state index in [1.165, 1.54) is 0 Å². The summed E-state index contributed by atoms with van der Waals surface area (Å²) in [5, 5.41) is 10.2. The molecule has 41 heteroatoms. The van der Waals surface area contributed by atoms with Crippen molar-refractivity contribution in [3.63, 3.8) is 0 Å². The summed E-state index contributed by atoms with van der Waals surface area (Å²) in [4.78, 5) is 176. The van der Waals surface area contributed by atoms with E-state index in [4.69, 9.17) is 80.5 Å². The number of imide groups is 4. The summed E-state index contributed by atoms with van der Waals surface area (Å²) in [6.45, 7) is 12.0. The molecule has 12 amide bonds. The lowest BCUT2D eigenvalue weighted by Gasteiger charge is -2.22. The number of nitrogens with zero attached hydrogens (tertiary/aromatic N) is 4. The van der Waals surface area contributed by atoms with Crippen LogP contribution in [0.15, 0.2) is 121 Å². The lowest BCUT2D eigenvalue weighted by Crippen LogP contribution is -2.35. The first-order valence-corrected chi connectivity index (χ1v) is 45.1. The molecular formula is C98H114N12O29. The van der Waals surface area contributed by atoms with Crippen LogP contribution >= 0.6 is 0 Å². The number of hydrogen-bond acceptors (Lipinski definition) is 29. The van der Waals surface area contributed by atoms with Gasteiger partial charge in [-0.15, -0.1) is 0 Å². The third-order valence-electron chi connectivity index (χ3n) is 21.5. The Hall–Kier alpha value is -14.6. The van der Waals surface area contributed by atoms with Gasteiger partial charge in [0.1, 0.15) is 65.1 Å². The van der Waals surface area contributed by atoms with E-state index in [1.807, 2.05) is 79.7 Å². The number of rotatable bonds is 50. The predicted molar refractivity (Wildman–Crippen MR) is 506 cm³/mol. The predicted octanol–water partition coefficient (Wildman–Crippen LogP) is 11.5. The van der Waals surface area contributed by atoms with E-state index in [-0.39, 0.29) is 185 Å². The molecule has 0 spiro atoms. The number of nitrogens with one attached hydrogen (secondary N) is 8. The van der Waals surface area contributed by atoms with Crippen LogP contribution in [-0.4, -0.2) is 289 Å². The second-order valence-corrected chi connectivity index (χ2v) is 31.9. The van der Waals surface area contributed by atoms with E-state index >= 15 is 0 Å². The molecule has 4 aromatic carbocycles. The fourth-order valence-corrected chi connectivity index (χ4v) is 15.1. The highest BCUT2D eigenvalue weighted by Crippen LogP contribution is 2.43. The summed E-state index contributed by atoms with van der Waals surface area (Å²) in [6.07, 6.45) is -1.67. The Labute approximate surface area is 800 Å². The first-order chi connectivity index (χ1) is 67.3. The number of carbonyl (C=O) groups is 12. The van der Waals surface area contributed by atoms with Crippen molar-refractivity contribution in [3.8, 4) is 0 Å². The van der Waals surface area contributed by atoms with Gasteiger partial charge in [0.25, 0.3) is 23.6 Å². The Bertz CT molecular complexity index is 5460. The first kappa shape index (κ1) is 103. The van der Waals surface area contributed by atoms with E-state index in [0.29, 0.717) is 67.3 Å². The molecule has 4 aliphatic rings. The van der Waals surface area contributed by atoms with Gasteiger partial charge in [0.05, 0.1) is 151 Å². The number of amides is 12. The Morgan fingerprint density at radius 1 is 0.273 bits per heavy atom. The van der Waals surface area contributed by atoms with E-state index in [0.717, 1.165) is 87.4 Å². The molecule has 8 aromatic rings. The monoisotopic (exact) mass is 1920 g/mol. The number of ether oxygens (including phenoxy) is 17. The number of fused-ring (bicyclic) bond motifs is 4. The van der Waals surface area contributed by atoms with Gasteiger partial charge in [-0.3, -0.25) is 19.2 Å². The molecule has 8 heterocycles. The lowest BCUT2D eigenvalue weighted by atomic mass is 10.1. The topological polar surface area (TPSA) is 486 Å². The molecule has 0 aliphatic carbocycles. The molecule has 4 aromatic heterocycles. The number of H-pyrrole nitrogens is 4. The fraction of sp³-hybridized carbons (Fsp3) is 0.388. The highest BCUT2D eigenvalue weighted by molar-refractivity contribution is 6.44.